The molecule has 3 N–H and O–H groups in total. The van der Waals surface area contributed by atoms with Crippen molar-refractivity contribution in [3.63, 3.8) is 0 Å². The zero-order valence-corrected chi connectivity index (χ0v) is 9.12. The normalized spacial score (nSPS) is 14.1. The van der Waals surface area contributed by atoms with Crippen molar-refractivity contribution in [3.05, 3.63) is 29.0 Å². The van der Waals surface area contributed by atoms with E-state index in [9.17, 15) is 5.11 Å². The predicted octanol–water partition coefficient (Wildman–Crippen LogP) is 1.75. The summed E-state index contributed by atoms with van der Waals surface area (Å²) < 4.78 is 0. The van der Waals surface area contributed by atoms with Gasteiger partial charge in [0.15, 0.2) is 0 Å². The Kier molecular flexibility index (Phi) is 3.48. The number of rotatable bonds is 3. The fraction of sp³-hybridized carbons (Fsp3) is 0.500. The van der Waals surface area contributed by atoms with Crippen molar-refractivity contribution in [3.8, 4) is 0 Å². The number of hydrogen-bond acceptors (Lipinski definition) is 3. The summed E-state index contributed by atoms with van der Waals surface area (Å²) >= 11 is 5.96. The van der Waals surface area contributed by atoms with Crippen LogP contribution < -0.4 is 5.73 Å². The SMILES string of the molecule is CC(C)(CO)C(N)c1ccncc1Cl. The number of aliphatic hydroxyl groups is 1. The number of aliphatic hydroxyl groups excluding tert-OH is 1. The molecule has 4 heteroatoms. The number of nitrogens with two attached hydrogens (primary N) is 1. The summed E-state index contributed by atoms with van der Waals surface area (Å²) in [4.78, 5) is 3.89. The smallest absolute Gasteiger partial charge is 0.0637 e. The maximum Gasteiger partial charge on any atom is 0.0637 e. The first kappa shape index (κ1) is 11.4. The largest absolute Gasteiger partial charge is 0.396 e. The van der Waals surface area contributed by atoms with Crippen LogP contribution in [0, 0.1) is 5.41 Å². The van der Waals surface area contributed by atoms with E-state index in [1.165, 1.54) is 0 Å². The molecule has 0 amide bonds. The summed E-state index contributed by atoms with van der Waals surface area (Å²) in [6.07, 6.45) is 3.21. The summed E-state index contributed by atoms with van der Waals surface area (Å²) in [5, 5.41) is 9.72. The van der Waals surface area contributed by atoms with Crippen LogP contribution >= 0.6 is 11.6 Å². The first-order chi connectivity index (χ1) is 6.49. The summed E-state index contributed by atoms with van der Waals surface area (Å²) in [6.45, 7) is 3.82. The van der Waals surface area contributed by atoms with Gasteiger partial charge in [-0.3, -0.25) is 4.98 Å². The number of halogens is 1. The number of pyridine rings is 1. The standard InChI is InChI=1S/C10H15ClN2O/c1-10(2,6-14)9(12)7-3-4-13-5-8(7)11/h3-5,9,14H,6,12H2,1-2H3. The minimum atomic E-state index is -0.384. The topological polar surface area (TPSA) is 59.1 Å². The van der Waals surface area contributed by atoms with Crippen molar-refractivity contribution in [2.75, 3.05) is 6.61 Å². The highest BCUT2D eigenvalue weighted by Crippen LogP contribution is 2.33. The van der Waals surface area contributed by atoms with Gasteiger partial charge in [-0.1, -0.05) is 25.4 Å². The van der Waals surface area contributed by atoms with Crippen LogP contribution in [0.2, 0.25) is 5.02 Å². The minimum Gasteiger partial charge on any atom is -0.396 e. The van der Waals surface area contributed by atoms with Crippen molar-refractivity contribution in [1.82, 2.24) is 4.98 Å². The molecule has 0 aromatic carbocycles. The van der Waals surface area contributed by atoms with Crippen LogP contribution in [-0.2, 0) is 0 Å². The molecule has 3 nitrogen and oxygen atoms in total. The highest BCUT2D eigenvalue weighted by Gasteiger charge is 2.28. The van der Waals surface area contributed by atoms with Crippen LogP contribution in [0.4, 0.5) is 0 Å². The Balaban J connectivity index is 3.00. The Bertz CT molecular complexity index is 315. The lowest BCUT2D eigenvalue weighted by Gasteiger charge is -2.30. The molecule has 1 unspecified atom stereocenters. The van der Waals surface area contributed by atoms with Crippen LogP contribution in [-0.4, -0.2) is 16.7 Å². The van der Waals surface area contributed by atoms with Gasteiger partial charge in [-0.15, -0.1) is 0 Å². The monoisotopic (exact) mass is 214 g/mol. The molecule has 0 aliphatic carbocycles. The van der Waals surface area contributed by atoms with E-state index in [4.69, 9.17) is 17.3 Å². The fourth-order valence-electron chi connectivity index (χ4n) is 1.16. The summed E-state index contributed by atoms with van der Waals surface area (Å²) in [5.41, 5.74) is 6.45. The lowest BCUT2D eigenvalue weighted by molar-refractivity contribution is 0.132. The summed E-state index contributed by atoms with van der Waals surface area (Å²) in [5.74, 6) is 0. The fourth-order valence-corrected chi connectivity index (χ4v) is 1.39. The molecule has 1 aromatic heterocycles. The Hall–Kier alpha value is -0.640. The van der Waals surface area contributed by atoms with Gasteiger partial charge in [-0.05, 0) is 11.6 Å². The third-order valence-electron chi connectivity index (χ3n) is 2.39. The van der Waals surface area contributed by atoms with Crippen LogP contribution in [0.1, 0.15) is 25.5 Å². The molecule has 1 heterocycles. The molecule has 0 bridgehead atoms. The van der Waals surface area contributed by atoms with E-state index in [-0.39, 0.29) is 18.1 Å². The molecule has 1 aromatic rings. The van der Waals surface area contributed by atoms with Gasteiger partial charge in [-0.25, -0.2) is 0 Å². The van der Waals surface area contributed by atoms with Crippen molar-refractivity contribution in [1.29, 1.82) is 0 Å². The molecule has 1 atom stereocenters. The van der Waals surface area contributed by atoms with Crippen molar-refractivity contribution >= 4 is 11.6 Å². The van der Waals surface area contributed by atoms with Crippen molar-refractivity contribution in [2.24, 2.45) is 11.1 Å². The van der Waals surface area contributed by atoms with E-state index >= 15 is 0 Å². The van der Waals surface area contributed by atoms with Gasteiger partial charge < -0.3 is 10.8 Å². The molecular weight excluding hydrogens is 200 g/mol. The summed E-state index contributed by atoms with van der Waals surface area (Å²) in [6, 6.07) is 1.49. The second-order valence-electron chi connectivity index (χ2n) is 4.02. The number of hydrogen-bond donors (Lipinski definition) is 2. The van der Waals surface area contributed by atoms with E-state index in [1.54, 1.807) is 18.5 Å². The molecule has 0 saturated carbocycles. The van der Waals surface area contributed by atoms with E-state index < -0.39 is 0 Å². The van der Waals surface area contributed by atoms with Gasteiger partial charge in [0.2, 0.25) is 0 Å². The zero-order valence-electron chi connectivity index (χ0n) is 8.37. The number of nitrogens with zero attached hydrogens (tertiary/aromatic N) is 1. The Morgan fingerprint density at radius 3 is 2.79 bits per heavy atom. The first-order valence-corrected chi connectivity index (χ1v) is 4.82. The Morgan fingerprint density at radius 1 is 1.64 bits per heavy atom. The van der Waals surface area contributed by atoms with Gasteiger partial charge >= 0.3 is 0 Å². The van der Waals surface area contributed by atoms with Crippen molar-refractivity contribution in [2.45, 2.75) is 19.9 Å². The van der Waals surface area contributed by atoms with Gasteiger partial charge in [0.05, 0.1) is 5.02 Å². The van der Waals surface area contributed by atoms with Gasteiger partial charge in [-0.2, -0.15) is 0 Å². The average Bonchev–Trinajstić information content (AvgIpc) is 2.17. The molecule has 0 aliphatic heterocycles. The van der Waals surface area contributed by atoms with Gasteiger partial charge in [0.1, 0.15) is 0 Å². The quantitative estimate of drug-likeness (QED) is 0.806. The van der Waals surface area contributed by atoms with Gasteiger partial charge in [0.25, 0.3) is 0 Å². The lowest BCUT2D eigenvalue weighted by atomic mass is 9.82. The third kappa shape index (κ3) is 2.23. The molecule has 78 valence electrons. The van der Waals surface area contributed by atoms with Crippen LogP contribution in [0.15, 0.2) is 18.5 Å². The van der Waals surface area contributed by atoms with Crippen LogP contribution in [0.25, 0.3) is 0 Å². The zero-order chi connectivity index (χ0) is 10.8. The maximum atomic E-state index is 9.18. The Morgan fingerprint density at radius 2 is 2.29 bits per heavy atom. The molecule has 1 rings (SSSR count). The highest BCUT2D eigenvalue weighted by atomic mass is 35.5. The minimum absolute atomic E-state index is 0.0207. The molecule has 0 fully saturated rings. The molecule has 0 spiro atoms. The molecule has 0 aliphatic rings. The van der Waals surface area contributed by atoms with Gasteiger partial charge in [0, 0.05) is 30.5 Å². The lowest BCUT2D eigenvalue weighted by Crippen LogP contribution is -2.32. The van der Waals surface area contributed by atoms with E-state index in [0.717, 1.165) is 5.56 Å². The highest BCUT2D eigenvalue weighted by molar-refractivity contribution is 6.31. The van der Waals surface area contributed by atoms with E-state index in [1.807, 2.05) is 13.8 Å². The predicted molar refractivity (Wildman–Crippen MR) is 57.0 cm³/mol. The second kappa shape index (κ2) is 4.26. The first-order valence-electron chi connectivity index (χ1n) is 4.45. The number of aromatic nitrogens is 1. The molecule has 0 saturated heterocycles. The molecule has 14 heavy (non-hydrogen) atoms. The summed E-state index contributed by atoms with van der Waals surface area (Å²) in [7, 11) is 0. The van der Waals surface area contributed by atoms with Crippen LogP contribution in [0.3, 0.4) is 0 Å². The Labute approximate surface area is 88.9 Å². The molecular formula is C10H15ClN2O. The van der Waals surface area contributed by atoms with Crippen LogP contribution in [0.5, 0.6) is 0 Å². The third-order valence-corrected chi connectivity index (χ3v) is 2.70. The average molecular weight is 215 g/mol. The molecule has 0 radical (unpaired) electrons. The van der Waals surface area contributed by atoms with E-state index in [2.05, 4.69) is 4.98 Å². The van der Waals surface area contributed by atoms with Crippen molar-refractivity contribution < 1.29 is 5.11 Å². The second-order valence-corrected chi connectivity index (χ2v) is 4.43. The maximum absolute atomic E-state index is 9.18. The van der Waals surface area contributed by atoms with E-state index in [0.29, 0.717) is 5.02 Å².